The van der Waals surface area contributed by atoms with Crippen molar-refractivity contribution in [1.82, 2.24) is 4.90 Å². The number of nitro benzene ring substituents is 1. The molecule has 0 aliphatic carbocycles. The Morgan fingerprint density at radius 2 is 2.15 bits per heavy atom. The van der Waals surface area contributed by atoms with Gasteiger partial charge < -0.3 is 10.4 Å². The first kappa shape index (κ1) is 19.5. The molecule has 2 aromatic rings. The second-order valence-corrected chi connectivity index (χ2v) is 7.20. The summed E-state index contributed by atoms with van der Waals surface area (Å²) in [6.07, 6.45) is 0.881. The number of anilines is 1. The van der Waals surface area contributed by atoms with E-state index in [9.17, 15) is 19.6 Å². The smallest absolute Gasteiger partial charge is 0.292 e. The number of nitro groups is 1. The zero-order valence-electron chi connectivity index (χ0n) is 14.9. The van der Waals surface area contributed by atoms with Gasteiger partial charge in [0.15, 0.2) is 0 Å². The summed E-state index contributed by atoms with van der Waals surface area (Å²) in [4.78, 5) is 13.0. The predicted octanol–water partition coefficient (Wildman–Crippen LogP) is 3.98. The van der Waals surface area contributed by atoms with Gasteiger partial charge in [0, 0.05) is 18.7 Å². The van der Waals surface area contributed by atoms with Crippen LogP contribution in [0.2, 0.25) is 5.02 Å². The summed E-state index contributed by atoms with van der Waals surface area (Å²) in [5, 5.41) is 23.8. The molecule has 2 aromatic carbocycles. The standard InChI is InChI=1S/C19H21ClFN3O3/c1-23-7-6-14(19(23)13-3-4-15(20)16(21)9-13)10-22-17-8-12(11-25)2-5-18(17)24(26)27/h2-5,8-9,14,19,22,25H,6-7,10-11H2,1H3. The molecule has 2 unspecified atom stereocenters. The summed E-state index contributed by atoms with van der Waals surface area (Å²) in [7, 11) is 1.98. The number of nitrogens with zero attached hydrogens (tertiary/aromatic N) is 2. The van der Waals surface area contributed by atoms with Crippen molar-refractivity contribution in [2.45, 2.75) is 19.1 Å². The molecule has 0 bridgehead atoms. The van der Waals surface area contributed by atoms with Crippen LogP contribution in [0, 0.1) is 21.8 Å². The molecular weight excluding hydrogens is 373 g/mol. The predicted molar refractivity (Wildman–Crippen MR) is 102 cm³/mol. The van der Waals surface area contributed by atoms with E-state index in [1.807, 2.05) is 13.1 Å². The third-order valence-electron chi connectivity index (χ3n) is 5.05. The van der Waals surface area contributed by atoms with Crippen LogP contribution in [0.1, 0.15) is 23.6 Å². The summed E-state index contributed by atoms with van der Waals surface area (Å²) in [6.45, 7) is 1.15. The number of aliphatic hydroxyl groups excluding tert-OH is 1. The number of aliphatic hydroxyl groups is 1. The van der Waals surface area contributed by atoms with Gasteiger partial charge in [-0.1, -0.05) is 17.7 Å². The van der Waals surface area contributed by atoms with Gasteiger partial charge in [0.25, 0.3) is 5.69 Å². The lowest BCUT2D eigenvalue weighted by atomic mass is 9.93. The first-order chi connectivity index (χ1) is 12.9. The lowest BCUT2D eigenvalue weighted by Crippen LogP contribution is -2.25. The second kappa shape index (κ2) is 8.21. The van der Waals surface area contributed by atoms with Crippen LogP contribution in [-0.2, 0) is 6.61 Å². The lowest BCUT2D eigenvalue weighted by molar-refractivity contribution is -0.384. The molecule has 0 amide bonds. The summed E-state index contributed by atoms with van der Waals surface area (Å²) in [5.41, 5.74) is 1.78. The average molecular weight is 394 g/mol. The summed E-state index contributed by atoms with van der Waals surface area (Å²) in [6, 6.07) is 9.33. The van der Waals surface area contributed by atoms with E-state index >= 15 is 0 Å². The first-order valence-corrected chi connectivity index (χ1v) is 9.05. The SMILES string of the molecule is CN1CCC(CNc2cc(CO)ccc2[N+](=O)[O-])C1c1ccc(Cl)c(F)c1. The van der Waals surface area contributed by atoms with E-state index in [0.717, 1.165) is 18.5 Å². The molecule has 0 radical (unpaired) electrons. The first-order valence-electron chi connectivity index (χ1n) is 8.68. The highest BCUT2D eigenvalue weighted by molar-refractivity contribution is 6.30. The molecule has 0 spiro atoms. The zero-order valence-corrected chi connectivity index (χ0v) is 15.6. The van der Waals surface area contributed by atoms with E-state index in [1.165, 1.54) is 18.2 Å². The third-order valence-corrected chi connectivity index (χ3v) is 5.36. The Kier molecular flexibility index (Phi) is 5.94. The molecule has 0 aromatic heterocycles. The fourth-order valence-electron chi connectivity index (χ4n) is 3.69. The van der Waals surface area contributed by atoms with Crippen molar-refractivity contribution >= 4 is 23.0 Å². The molecule has 1 aliphatic rings. The maximum atomic E-state index is 13.9. The molecule has 27 heavy (non-hydrogen) atoms. The Hall–Kier alpha value is -2.22. The Bertz CT molecular complexity index is 849. The second-order valence-electron chi connectivity index (χ2n) is 6.80. The molecule has 3 rings (SSSR count). The van der Waals surface area contributed by atoms with Gasteiger partial charge in [0.2, 0.25) is 0 Å². The quantitative estimate of drug-likeness (QED) is 0.573. The van der Waals surface area contributed by atoms with Gasteiger partial charge in [-0.3, -0.25) is 15.0 Å². The highest BCUT2D eigenvalue weighted by Gasteiger charge is 2.33. The van der Waals surface area contributed by atoms with Crippen LogP contribution in [0.3, 0.4) is 0 Å². The third kappa shape index (κ3) is 4.21. The minimum Gasteiger partial charge on any atom is -0.392 e. The summed E-state index contributed by atoms with van der Waals surface area (Å²) >= 11 is 5.79. The molecule has 6 nitrogen and oxygen atoms in total. The highest BCUT2D eigenvalue weighted by atomic mass is 35.5. The monoisotopic (exact) mass is 393 g/mol. The molecule has 0 saturated carbocycles. The number of rotatable bonds is 6. The van der Waals surface area contributed by atoms with Gasteiger partial charge in [0.05, 0.1) is 16.6 Å². The summed E-state index contributed by atoms with van der Waals surface area (Å²) < 4.78 is 13.9. The van der Waals surface area contributed by atoms with Crippen molar-refractivity contribution in [3.05, 3.63) is 68.5 Å². The maximum Gasteiger partial charge on any atom is 0.292 e. The molecule has 1 aliphatic heterocycles. The van der Waals surface area contributed by atoms with Crippen molar-refractivity contribution in [3.8, 4) is 0 Å². The molecule has 1 fully saturated rings. The lowest BCUT2D eigenvalue weighted by Gasteiger charge is -2.26. The molecule has 8 heteroatoms. The minimum absolute atomic E-state index is 0.00986. The number of likely N-dealkylation sites (tertiary alicyclic amines) is 1. The van der Waals surface area contributed by atoms with Crippen LogP contribution < -0.4 is 5.32 Å². The van der Waals surface area contributed by atoms with Crippen LogP contribution in [0.25, 0.3) is 0 Å². The van der Waals surface area contributed by atoms with Gasteiger partial charge in [0.1, 0.15) is 11.5 Å². The number of hydrogen-bond acceptors (Lipinski definition) is 5. The van der Waals surface area contributed by atoms with E-state index in [2.05, 4.69) is 10.2 Å². The fraction of sp³-hybridized carbons (Fsp3) is 0.368. The zero-order chi connectivity index (χ0) is 19.6. The minimum atomic E-state index is -0.451. The van der Waals surface area contributed by atoms with Crippen molar-refractivity contribution in [1.29, 1.82) is 0 Å². The molecular formula is C19H21ClFN3O3. The number of nitrogens with one attached hydrogen (secondary N) is 1. The number of halogens is 2. The van der Waals surface area contributed by atoms with Gasteiger partial charge in [-0.2, -0.15) is 0 Å². The van der Waals surface area contributed by atoms with E-state index in [1.54, 1.807) is 12.1 Å². The Labute approximate surface area is 161 Å². The van der Waals surface area contributed by atoms with Gasteiger partial charge in [-0.25, -0.2) is 4.39 Å². The number of hydrogen-bond donors (Lipinski definition) is 2. The molecule has 1 saturated heterocycles. The molecule has 2 N–H and O–H groups in total. The topological polar surface area (TPSA) is 78.6 Å². The fourth-order valence-corrected chi connectivity index (χ4v) is 3.80. The van der Waals surface area contributed by atoms with E-state index in [-0.39, 0.29) is 29.3 Å². The van der Waals surface area contributed by atoms with Gasteiger partial charge >= 0.3 is 0 Å². The Balaban J connectivity index is 1.80. The molecule has 144 valence electrons. The van der Waals surface area contributed by atoms with Crippen LogP contribution in [0.15, 0.2) is 36.4 Å². The van der Waals surface area contributed by atoms with Crippen molar-refractivity contribution < 1.29 is 14.4 Å². The van der Waals surface area contributed by atoms with Crippen molar-refractivity contribution in [3.63, 3.8) is 0 Å². The number of benzene rings is 2. The van der Waals surface area contributed by atoms with Crippen LogP contribution >= 0.6 is 11.6 Å². The normalized spacial score (nSPS) is 20.0. The van der Waals surface area contributed by atoms with E-state index in [4.69, 9.17) is 11.6 Å². The average Bonchev–Trinajstić information content (AvgIpc) is 3.02. The molecule has 2 atom stereocenters. The summed E-state index contributed by atoms with van der Waals surface area (Å²) in [5.74, 6) is -0.305. The van der Waals surface area contributed by atoms with E-state index < -0.39 is 10.7 Å². The van der Waals surface area contributed by atoms with Crippen LogP contribution in [-0.4, -0.2) is 35.1 Å². The van der Waals surface area contributed by atoms with Crippen molar-refractivity contribution in [2.24, 2.45) is 5.92 Å². The van der Waals surface area contributed by atoms with Crippen LogP contribution in [0.4, 0.5) is 15.8 Å². The maximum absolute atomic E-state index is 13.9. The van der Waals surface area contributed by atoms with Crippen LogP contribution in [0.5, 0.6) is 0 Å². The van der Waals surface area contributed by atoms with Crippen molar-refractivity contribution in [2.75, 3.05) is 25.5 Å². The largest absolute Gasteiger partial charge is 0.392 e. The van der Waals surface area contributed by atoms with E-state index in [0.29, 0.717) is 17.8 Å². The highest BCUT2D eigenvalue weighted by Crippen LogP contribution is 2.37. The molecule has 1 heterocycles. The Morgan fingerprint density at radius 3 is 2.81 bits per heavy atom. The Morgan fingerprint density at radius 1 is 1.37 bits per heavy atom. The van der Waals surface area contributed by atoms with Gasteiger partial charge in [-0.05, 0) is 61.3 Å². The van der Waals surface area contributed by atoms with Gasteiger partial charge in [-0.15, -0.1) is 0 Å².